The third kappa shape index (κ3) is 6.63. The minimum Gasteiger partial charge on any atom is -0.511 e. The summed E-state index contributed by atoms with van der Waals surface area (Å²) in [6.07, 6.45) is -0.375. The van der Waals surface area contributed by atoms with Crippen LogP contribution in [0.15, 0.2) is 46.6 Å². The van der Waals surface area contributed by atoms with Gasteiger partial charge in [0.1, 0.15) is 16.9 Å². The van der Waals surface area contributed by atoms with Gasteiger partial charge in [0.2, 0.25) is 0 Å². The Morgan fingerprint density at radius 1 is 1.22 bits per heavy atom. The number of amides is 2. The molecule has 0 radical (unpaired) electrons. The molecule has 2 amide bonds. The van der Waals surface area contributed by atoms with Crippen molar-refractivity contribution in [3.8, 4) is 0 Å². The van der Waals surface area contributed by atoms with Gasteiger partial charge in [-0.25, -0.2) is 4.79 Å². The number of Topliss-reactive ketones (excluding diaryl/α,β-unsaturated/α-hetero) is 1. The molecule has 2 rings (SSSR count). The molecule has 1 atom stereocenters. The average molecular weight is 392 g/mol. The summed E-state index contributed by atoms with van der Waals surface area (Å²) >= 11 is 1.08. The predicted octanol–water partition coefficient (Wildman–Crippen LogP) is 3.13. The normalized spacial score (nSPS) is 17.4. The molecule has 8 heteroatoms. The zero-order valence-corrected chi connectivity index (χ0v) is 16.4. The highest BCUT2D eigenvalue weighted by Crippen LogP contribution is 2.26. The summed E-state index contributed by atoms with van der Waals surface area (Å²) in [6.45, 7) is 5.44. The van der Waals surface area contributed by atoms with Gasteiger partial charge in [-0.2, -0.15) is 0 Å². The van der Waals surface area contributed by atoms with Crippen LogP contribution in [0.4, 0.5) is 4.79 Å². The molecule has 1 aliphatic carbocycles. The van der Waals surface area contributed by atoms with E-state index in [-0.39, 0.29) is 36.6 Å². The van der Waals surface area contributed by atoms with E-state index in [1.54, 1.807) is 20.8 Å². The standard InChI is InChI=1S/C19H24N2O5S/c1-19(2,3)26-18(25)20-11-12-9-14(22)16(15(23)10-12)17(24)21-27-13-7-5-4-6-8-13/h4-8,12,22H,9-11H2,1-3H3,(H,20,25)(H,21,24). The number of benzene rings is 1. The van der Waals surface area contributed by atoms with E-state index >= 15 is 0 Å². The molecule has 7 nitrogen and oxygen atoms in total. The van der Waals surface area contributed by atoms with E-state index in [9.17, 15) is 19.5 Å². The minimum absolute atomic E-state index is 0.0681. The van der Waals surface area contributed by atoms with Gasteiger partial charge in [-0.3, -0.25) is 14.3 Å². The zero-order valence-electron chi connectivity index (χ0n) is 15.6. The second-order valence-corrected chi connectivity index (χ2v) is 8.13. The molecule has 0 aliphatic heterocycles. The Hall–Kier alpha value is -2.48. The zero-order chi connectivity index (χ0) is 20.0. The summed E-state index contributed by atoms with van der Waals surface area (Å²) in [4.78, 5) is 37.1. The van der Waals surface area contributed by atoms with Crippen LogP contribution in [-0.2, 0) is 14.3 Å². The molecule has 1 aromatic rings. The number of alkyl carbamates (subject to hydrolysis) is 1. The lowest BCUT2D eigenvalue weighted by Gasteiger charge is -2.24. The van der Waals surface area contributed by atoms with Crippen molar-refractivity contribution in [3.05, 3.63) is 41.7 Å². The average Bonchev–Trinajstić information content (AvgIpc) is 2.57. The number of allylic oxidation sites excluding steroid dienone is 1. The minimum atomic E-state index is -0.620. The van der Waals surface area contributed by atoms with Gasteiger partial charge in [-0.15, -0.1) is 0 Å². The van der Waals surface area contributed by atoms with Crippen molar-refractivity contribution in [2.75, 3.05) is 6.54 Å². The number of ether oxygens (including phenoxy) is 1. The molecule has 0 bridgehead atoms. The molecule has 3 N–H and O–H groups in total. The van der Waals surface area contributed by atoms with Crippen molar-refractivity contribution in [2.24, 2.45) is 5.92 Å². The van der Waals surface area contributed by atoms with E-state index in [2.05, 4.69) is 10.0 Å². The largest absolute Gasteiger partial charge is 0.511 e. The van der Waals surface area contributed by atoms with Crippen LogP contribution in [0.5, 0.6) is 0 Å². The lowest BCUT2D eigenvalue weighted by atomic mass is 9.87. The number of ketones is 1. The van der Waals surface area contributed by atoms with Crippen molar-refractivity contribution in [1.29, 1.82) is 0 Å². The fourth-order valence-electron chi connectivity index (χ4n) is 2.56. The highest BCUT2D eigenvalue weighted by molar-refractivity contribution is 7.98. The van der Waals surface area contributed by atoms with Gasteiger partial charge in [0.15, 0.2) is 5.78 Å². The van der Waals surface area contributed by atoms with Crippen LogP contribution in [0.25, 0.3) is 0 Å². The maximum atomic E-state index is 12.3. The molecule has 0 saturated heterocycles. The summed E-state index contributed by atoms with van der Waals surface area (Å²) in [6, 6.07) is 9.16. The van der Waals surface area contributed by atoms with Crippen molar-refractivity contribution < 1.29 is 24.2 Å². The van der Waals surface area contributed by atoms with Crippen molar-refractivity contribution in [1.82, 2.24) is 10.0 Å². The molecule has 0 aromatic heterocycles. The quantitative estimate of drug-likeness (QED) is 0.525. The van der Waals surface area contributed by atoms with Crippen LogP contribution in [0.3, 0.4) is 0 Å². The lowest BCUT2D eigenvalue weighted by Crippen LogP contribution is -2.38. The number of rotatable bonds is 5. The van der Waals surface area contributed by atoms with Gasteiger partial charge >= 0.3 is 6.09 Å². The van der Waals surface area contributed by atoms with Gasteiger partial charge in [-0.05, 0) is 50.8 Å². The maximum Gasteiger partial charge on any atom is 0.407 e. The molecule has 146 valence electrons. The van der Waals surface area contributed by atoms with E-state index in [1.807, 2.05) is 30.3 Å². The van der Waals surface area contributed by atoms with Crippen LogP contribution in [0.2, 0.25) is 0 Å². The maximum absolute atomic E-state index is 12.3. The van der Waals surface area contributed by atoms with E-state index in [1.165, 1.54) is 0 Å². The van der Waals surface area contributed by atoms with Gasteiger partial charge in [-0.1, -0.05) is 18.2 Å². The first-order chi connectivity index (χ1) is 12.7. The van der Waals surface area contributed by atoms with E-state index in [4.69, 9.17) is 4.74 Å². The van der Waals surface area contributed by atoms with Gasteiger partial charge in [0.25, 0.3) is 5.91 Å². The molecule has 0 spiro atoms. The SMILES string of the molecule is CC(C)(C)OC(=O)NCC1CC(=O)C(C(=O)NSc2ccccc2)=C(O)C1. The number of aliphatic hydroxyl groups is 1. The third-order valence-electron chi connectivity index (χ3n) is 3.69. The Kier molecular flexibility index (Phi) is 6.90. The molecule has 1 aliphatic rings. The topological polar surface area (TPSA) is 105 Å². The lowest BCUT2D eigenvalue weighted by molar-refractivity contribution is -0.123. The monoisotopic (exact) mass is 392 g/mol. The van der Waals surface area contributed by atoms with Crippen LogP contribution in [0, 0.1) is 5.92 Å². The van der Waals surface area contributed by atoms with Gasteiger partial charge in [0.05, 0.1) is 0 Å². The summed E-state index contributed by atoms with van der Waals surface area (Å²) < 4.78 is 7.71. The van der Waals surface area contributed by atoms with Crippen LogP contribution in [0.1, 0.15) is 33.6 Å². The highest BCUT2D eigenvalue weighted by Gasteiger charge is 2.32. The van der Waals surface area contributed by atoms with E-state index in [0.29, 0.717) is 0 Å². The first kappa shape index (κ1) is 20.8. The molecule has 1 aromatic carbocycles. The third-order valence-corrected chi connectivity index (χ3v) is 4.48. The summed E-state index contributed by atoms with van der Waals surface area (Å²) in [5.41, 5.74) is -0.831. The van der Waals surface area contributed by atoms with Crippen LogP contribution >= 0.6 is 11.9 Å². The van der Waals surface area contributed by atoms with Crippen molar-refractivity contribution in [2.45, 2.75) is 44.1 Å². The Bertz CT molecular complexity index is 740. The van der Waals surface area contributed by atoms with Crippen molar-refractivity contribution >= 4 is 29.7 Å². The Labute approximate surface area is 162 Å². The number of hydrogen-bond acceptors (Lipinski definition) is 6. The number of aliphatic hydroxyl groups excluding tert-OH is 1. The first-order valence-corrected chi connectivity index (χ1v) is 9.42. The molecule has 0 fully saturated rings. The Morgan fingerprint density at radius 2 is 1.89 bits per heavy atom. The molecule has 1 unspecified atom stereocenters. The molecule has 0 saturated carbocycles. The Morgan fingerprint density at radius 3 is 2.48 bits per heavy atom. The van der Waals surface area contributed by atoms with Crippen molar-refractivity contribution in [3.63, 3.8) is 0 Å². The first-order valence-electron chi connectivity index (χ1n) is 8.60. The molecule has 27 heavy (non-hydrogen) atoms. The molecular formula is C19H24N2O5S. The second kappa shape index (κ2) is 8.94. The number of nitrogens with one attached hydrogen (secondary N) is 2. The molecule has 0 heterocycles. The summed E-state index contributed by atoms with van der Waals surface area (Å²) in [5.74, 6) is -1.61. The second-order valence-electron chi connectivity index (χ2n) is 7.25. The predicted molar refractivity (Wildman–Crippen MR) is 102 cm³/mol. The number of carbonyl (C=O) groups is 3. The fraction of sp³-hybridized carbons (Fsp3) is 0.421. The fourth-order valence-corrected chi connectivity index (χ4v) is 3.17. The van der Waals surface area contributed by atoms with Gasteiger partial charge in [0, 0.05) is 24.3 Å². The number of hydrogen-bond donors (Lipinski definition) is 3. The van der Waals surface area contributed by atoms with Crippen LogP contribution < -0.4 is 10.0 Å². The van der Waals surface area contributed by atoms with E-state index in [0.717, 1.165) is 16.8 Å². The summed E-state index contributed by atoms with van der Waals surface area (Å²) in [5, 5.41) is 12.8. The van der Waals surface area contributed by atoms with Gasteiger partial charge < -0.3 is 15.2 Å². The summed E-state index contributed by atoms with van der Waals surface area (Å²) in [7, 11) is 0. The smallest absolute Gasteiger partial charge is 0.407 e. The van der Waals surface area contributed by atoms with E-state index < -0.39 is 23.4 Å². The number of carbonyl (C=O) groups excluding carboxylic acids is 3. The Balaban J connectivity index is 1.90. The van der Waals surface area contributed by atoms with Crippen LogP contribution in [-0.4, -0.2) is 35.0 Å². The highest BCUT2D eigenvalue weighted by atomic mass is 32.2. The molecular weight excluding hydrogens is 368 g/mol.